The lowest BCUT2D eigenvalue weighted by molar-refractivity contribution is 0.318. The Hall–Kier alpha value is -2.51. The first-order valence-corrected chi connectivity index (χ1v) is 6.28. The van der Waals surface area contributed by atoms with Crippen LogP contribution in [0.4, 0.5) is 0 Å². The van der Waals surface area contributed by atoms with E-state index < -0.39 is 0 Å². The minimum absolute atomic E-state index is 0.0356. The number of nitrogens with two attached hydrogens (primary N) is 1. The van der Waals surface area contributed by atoms with Crippen molar-refractivity contribution in [3.63, 3.8) is 0 Å². The van der Waals surface area contributed by atoms with Gasteiger partial charge in [-0.05, 0) is 13.3 Å². The molecule has 0 saturated heterocycles. The van der Waals surface area contributed by atoms with Gasteiger partial charge in [-0.25, -0.2) is 4.68 Å². The Labute approximate surface area is 116 Å². The van der Waals surface area contributed by atoms with Crippen LogP contribution in [0.3, 0.4) is 0 Å². The summed E-state index contributed by atoms with van der Waals surface area (Å²) in [5.74, 6) is 0.953. The van der Waals surface area contributed by atoms with Crippen molar-refractivity contribution in [3.8, 4) is 11.6 Å². The monoisotopic (exact) mass is 278 g/mol. The molecule has 20 heavy (non-hydrogen) atoms. The first-order valence-electron chi connectivity index (χ1n) is 6.28. The largest absolute Gasteiger partial charge is 0.435 e. The molecule has 3 N–H and O–H groups in total. The van der Waals surface area contributed by atoms with E-state index in [9.17, 15) is 0 Å². The molecule has 0 aliphatic carbocycles. The molecule has 0 amide bonds. The highest BCUT2D eigenvalue weighted by molar-refractivity contribution is 6.00. The van der Waals surface area contributed by atoms with Crippen molar-refractivity contribution >= 4 is 5.84 Å². The molecular weight excluding hydrogens is 260 g/mol. The Morgan fingerprint density at radius 1 is 1.55 bits per heavy atom. The van der Waals surface area contributed by atoms with E-state index in [-0.39, 0.29) is 5.84 Å². The zero-order chi connectivity index (χ0) is 14.7. The molecular formula is C12H18N6O2. The highest BCUT2D eigenvalue weighted by Crippen LogP contribution is 2.26. The van der Waals surface area contributed by atoms with Crippen molar-refractivity contribution < 1.29 is 9.94 Å². The number of aryl methyl sites for hydroxylation is 3. The van der Waals surface area contributed by atoms with Crippen LogP contribution < -0.4 is 10.5 Å². The predicted octanol–water partition coefficient (Wildman–Crippen LogP) is 1.22. The van der Waals surface area contributed by atoms with Crippen LogP contribution in [0, 0.1) is 6.92 Å². The second kappa shape index (κ2) is 5.64. The molecule has 8 nitrogen and oxygen atoms in total. The Morgan fingerprint density at radius 2 is 2.30 bits per heavy atom. The number of aromatic nitrogens is 4. The van der Waals surface area contributed by atoms with Crippen LogP contribution in [-0.2, 0) is 13.6 Å². The fourth-order valence-electron chi connectivity index (χ4n) is 1.96. The lowest BCUT2D eigenvalue weighted by atomic mass is 10.2. The van der Waals surface area contributed by atoms with E-state index in [1.165, 1.54) is 0 Å². The Morgan fingerprint density at radius 3 is 2.95 bits per heavy atom. The van der Waals surface area contributed by atoms with Crippen molar-refractivity contribution in [1.29, 1.82) is 0 Å². The van der Waals surface area contributed by atoms with Gasteiger partial charge in [-0.3, -0.25) is 4.68 Å². The first kappa shape index (κ1) is 13.9. The minimum atomic E-state index is -0.0356. The maximum atomic E-state index is 8.84. The van der Waals surface area contributed by atoms with Gasteiger partial charge in [0.25, 0.3) is 0 Å². The topological polar surface area (TPSA) is 103 Å². The van der Waals surface area contributed by atoms with Crippen molar-refractivity contribution in [2.75, 3.05) is 0 Å². The molecule has 2 rings (SSSR count). The predicted molar refractivity (Wildman–Crippen MR) is 73.0 cm³/mol. The van der Waals surface area contributed by atoms with Crippen LogP contribution in [0.5, 0.6) is 11.6 Å². The second-order valence-electron chi connectivity index (χ2n) is 4.42. The van der Waals surface area contributed by atoms with E-state index in [4.69, 9.17) is 15.7 Å². The van der Waals surface area contributed by atoms with Crippen molar-refractivity contribution in [3.05, 3.63) is 23.7 Å². The molecule has 0 atom stereocenters. The molecule has 0 fully saturated rings. The van der Waals surface area contributed by atoms with Gasteiger partial charge in [-0.1, -0.05) is 12.1 Å². The summed E-state index contributed by atoms with van der Waals surface area (Å²) in [6.07, 6.45) is 4.40. The molecule has 0 aromatic carbocycles. The molecule has 2 aromatic heterocycles. The quantitative estimate of drug-likeness (QED) is 0.370. The molecule has 108 valence electrons. The summed E-state index contributed by atoms with van der Waals surface area (Å²) >= 11 is 0. The van der Waals surface area contributed by atoms with Gasteiger partial charge in [0, 0.05) is 13.6 Å². The second-order valence-corrected chi connectivity index (χ2v) is 4.42. The van der Waals surface area contributed by atoms with E-state index in [1.807, 2.05) is 0 Å². The zero-order valence-electron chi connectivity index (χ0n) is 11.7. The van der Waals surface area contributed by atoms with Gasteiger partial charge in [0.05, 0.1) is 18.1 Å². The van der Waals surface area contributed by atoms with Crippen molar-refractivity contribution in [1.82, 2.24) is 19.6 Å². The normalized spacial score (nSPS) is 11.8. The summed E-state index contributed by atoms with van der Waals surface area (Å²) in [5.41, 5.74) is 6.76. The van der Waals surface area contributed by atoms with Gasteiger partial charge >= 0.3 is 0 Å². The number of oxime groups is 1. The van der Waals surface area contributed by atoms with Crippen LogP contribution in [0.1, 0.15) is 24.6 Å². The van der Waals surface area contributed by atoms with Crippen LogP contribution in [0.2, 0.25) is 0 Å². The molecule has 0 spiro atoms. The van der Waals surface area contributed by atoms with Crippen LogP contribution in [-0.4, -0.2) is 30.6 Å². The smallest absolute Gasteiger partial charge is 0.229 e. The third kappa shape index (κ3) is 2.58. The molecule has 8 heteroatoms. The average molecular weight is 278 g/mol. The van der Waals surface area contributed by atoms with E-state index >= 15 is 0 Å². The maximum absolute atomic E-state index is 8.84. The van der Waals surface area contributed by atoms with Crippen molar-refractivity contribution in [2.24, 2.45) is 17.9 Å². The van der Waals surface area contributed by atoms with Crippen molar-refractivity contribution in [2.45, 2.75) is 26.8 Å². The minimum Gasteiger partial charge on any atom is -0.435 e. The first-order chi connectivity index (χ1) is 9.56. The van der Waals surface area contributed by atoms with Crippen LogP contribution in [0.25, 0.3) is 0 Å². The molecule has 0 aliphatic heterocycles. The summed E-state index contributed by atoms with van der Waals surface area (Å²) in [7, 11) is 1.73. The van der Waals surface area contributed by atoms with Gasteiger partial charge in [-0.15, -0.1) is 0 Å². The molecule has 0 radical (unpaired) electrons. The Kier molecular flexibility index (Phi) is 3.92. The molecule has 2 heterocycles. The van der Waals surface area contributed by atoms with E-state index in [0.29, 0.717) is 22.9 Å². The highest BCUT2D eigenvalue weighted by atomic mass is 16.5. The Balaban J connectivity index is 2.32. The lowest BCUT2D eigenvalue weighted by Crippen LogP contribution is -2.14. The summed E-state index contributed by atoms with van der Waals surface area (Å²) < 4.78 is 9.09. The lowest BCUT2D eigenvalue weighted by Gasteiger charge is -2.05. The fourth-order valence-corrected chi connectivity index (χ4v) is 1.96. The van der Waals surface area contributed by atoms with Crippen LogP contribution in [0.15, 0.2) is 17.5 Å². The summed E-state index contributed by atoms with van der Waals surface area (Å²) in [6, 6.07) is 0. The highest BCUT2D eigenvalue weighted by Gasteiger charge is 2.19. The third-order valence-corrected chi connectivity index (χ3v) is 2.81. The van der Waals surface area contributed by atoms with Crippen LogP contribution >= 0.6 is 0 Å². The van der Waals surface area contributed by atoms with Gasteiger partial charge in [0.15, 0.2) is 11.6 Å². The summed E-state index contributed by atoms with van der Waals surface area (Å²) in [6.45, 7) is 4.66. The number of hydrogen-bond acceptors (Lipinski definition) is 5. The SMILES string of the molecule is CCCn1cc(Oc2c(/C(N)=N/O)c(C)nn2C)cn1. The van der Waals surface area contributed by atoms with Gasteiger partial charge in [-0.2, -0.15) is 10.2 Å². The average Bonchev–Trinajstić information content (AvgIpc) is 2.95. The molecule has 0 aliphatic rings. The number of hydrogen-bond donors (Lipinski definition) is 2. The zero-order valence-corrected chi connectivity index (χ0v) is 11.7. The number of nitrogens with zero attached hydrogens (tertiary/aromatic N) is 5. The molecule has 0 saturated carbocycles. The van der Waals surface area contributed by atoms with E-state index in [1.54, 1.807) is 35.7 Å². The van der Waals surface area contributed by atoms with Gasteiger partial charge < -0.3 is 15.7 Å². The Bertz CT molecular complexity index is 628. The fraction of sp³-hybridized carbons (Fsp3) is 0.417. The number of rotatable bonds is 5. The van der Waals surface area contributed by atoms with E-state index in [0.717, 1.165) is 13.0 Å². The van der Waals surface area contributed by atoms with Gasteiger partial charge in [0.1, 0.15) is 5.56 Å². The maximum Gasteiger partial charge on any atom is 0.229 e. The molecule has 0 bridgehead atoms. The standard InChI is InChI=1S/C12H18N6O2/c1-4-5-18-7-9(6-14-18)20-12-10(11(13)16-19)8(2)15-17(12)3/h6-7,19H,4-5H2,1-3H3,(H2,13,16). The molecule has 2 aromatic rings. The number of amidine groups is 1. The number of ether oxygens (including phenoxy) is 1. The summed E-state index contributed by atoms with van der Waals surface area (Å²) in [4.78, 5) is 0. The van der Waals surface area contributed by atoms with Gasteiger partial charge in [0.2, 0.25) is 5.88 Å². The van der Waals surface area contributed by atoms with E-state index in [2.05, 4.69) is 22.3 Å². The molecule has 0 unspecified atom stereocenters. The summed E-state index contributed by atoms with van der Waals surface area (Å²) in [5, 5.41) is 20.2. The third-order valence-electron chi connectivity index (χ3n) is 2.81.